The molecule has 3 N–H and O–H groups in total. The van der Waals surface area contributed by atoms with Crippen LogP contribution in [-0.2, 0) is 17.6 Å². The van der Waals surface area contributed by atoms with Crippen LogP contribution < -0.4 is 11.1 Å². The topological polar surface area (TPSA) is 59.6 Å². The zero-order valence-corrected chi connectivity index (χ0v) is 17.6. The number of nitrogens with one attached hydrogen (secondary N) is 1. The van der Waals surface area contributed by atoms with Crippen molar-refractivity contribution in [3.8, 4) is 0 Å². The quantitative estimate of drug-likeness (QED) is 0.355. The number of nitrogens with zero attached hydrogens (tertiary/aromatic N) is 1. The fraction of sp³-hybridized carbons (Fsp3) is 0.632. The van der Waals surface area contributed by atoms with Gasteiger partial charge in [0, 0.05) is 25.9 Å². The van der Waals surface area contributed by atoms with Gasteiger partial charge in [0.05, 0.1) is 0 Å². The lowest BCUT2D eigenvalue weighted by molar-refractivity contribution is 0.0780. The summed E-state index contributed by atoms with van der Waals surface area (Å²) < 4.78 is 5.24. The molecule has 0 radical (unpaired) electrons. The molecule has 136 valence electrons. The van der Waals surface area contributed by atoms with Crippen LogP contribution in [0.3, 0.4) is 0 Å². The van der Waals surface area contributed by atoms with Gasteiger partial charge < -0.3 is 15.8 Å². The van der Waals surface area contributed by atoms with Crippen molar-refractivity contribution in [2.24, 2.45) is 16.1 Å². The molecule has 1 fully saturated rings. The van der Waals surface area contributed by atoms with Crippen molar-refractivity contribution in [2.45, 2.75) is 52.4 Å². The van der Waals surface area contributed by atoms with Gasteiger partial charge in [-0.25, -0.2) is 0 Å². The standard InChI is InChI=1S/C19H31N3O.HI/c1-4-15-8-6-9-16(5-2)17(15)22-18(20)21-14-19(10-7-11-19)12-13-23-3;/h6,8-9H,4-5,7,10-14H2,1-3H3,(H3,20,21,22);1H. The van der Waals surface area contributed by atoms with E-state index in [1.807, 2.05) is 0 Å². The van der Waals surface area contributed by atoms with Gasteiger partial charge in [-0.3, -0.25) is 4.99 Å². The minimum Gasteiger partial charge on any atom is -0.385 e. The van der Waals surface area contributed by atoms with E-state index < -0.39 is 0 Å². The number of methoxy groups -OCH3 is 1. The molecule has 2 rings (SSSR count). The molecule has 0 atom stereocenters. The van der Waals surface area contributed by atoms with E-state index in [2.05, 4.69) is 42.4 Å². The van der Waals surface area contributed by atoms with E-state index in [4.69, 9.17) is 10.5 Å². The third-order valence-corrected chi connectivity index (χ3v) is 5.09. The van der Waals surface area contributed by atoms with Crippen LogP contribution in [0.25, 0.3) is 0 Å². The summed E-state index contributed by atoms with van der Waals surface area (Å²) >= 11 is 0. The second kappa shape index (κ2) is 10.2. The molecule has 0 heterocycles. The number of nitrogens with two attached hydrogens (primary N) is 1. The maximum atomic E-state index is 6.18. The van der Waals surface area contributed by atoms with Crippen LogP contribution in [0.1, 0.15) is 50.7 Å². The summed E-state index contributed by atoms with van der Waals surface area (Å²) in [5.74, 6) is 0.532. The average molecular weight is 445 g/mol. The van der Waals surface area contributed by atoms with E-state index in [-0.39, 0.29) is 24.0 Å². The molecule has 0 spiro atoms. The van der Waals surface area contributed by atoms with Crippen LogP contribution in [0.2, 0.25) is 0 Å². The van der Waals surface area contributed by atoms with E-state index >= 15 is 0 Å². The molecule has 24 heavy (non-hydrogen) atoms. The number of guanidine groups is 1. The number of hydrogen-bond donors (Lipinski definition) is 2. The van der Waals surface area contributed by atoms with Gasteiger partial charge in [0.25, 0.3) is 0 Å². The maximum absolute atomic E-state index is 6.18. The highest BCUT2D eigenvalue weighted by atomic mass is 127. The molecule has 1 aromatic rings. The second-order valence-electron chi connectivity index (χ2n) is 6.58. The predicted molar refractivity (Wildman–Crippen MR) is 114 cm³/mol. The number of para-hydroxylation sites is 1. The lowest BCUT2D eigenvalue weighted by Crippen LogP contribution is -2.35. The number of anilines is 1. The van der Waals surface area contributed by atoms with Crippen molar-refractivity contribution in [2.75, 3.05) is 25.6 Å². The first kappa shape index (κ1) is 21.2. The first-order valence-corrected chi connectivity index (χ1v) is 8.80. The molecule has 1 aromatic carbocycles. The Hall–Kier alpha value is -0.820. The molecule has 0 aliphatic heterocycles. The summed E-state index contributed by atoms with van der Waals surface area (Å²) in [5, 5.41) is 3.35. The van der Waals surface area contributed by atoms with Gasteiger partial charge in [-0.05, 0) is 48.6 Å². The van der Waals surface area contributed by atoms with Gasteiger partial charge in [0.1, 0.15) is 0 Å². The molecule has 1 aliphatic carbocycles. The molecule has 0 unspecified atom stereocenters. The number of aliphatic imine (C=N–C) groups is 1. The Morgan fingerprint density at radius 1 is 1.25 bits per heavy atom. The van der Waals surface area contributed by atoms with Crippen molar-refractivity contribution < 1.29 is 4.74 Å². The van der Waals surface area contributed by atoms with Crippen molar-refractivity contribution in [3.05, 3.63) is 29.3 Å². The van der Waals surface area contributed by atoms with E-state index in [1.165, 1.54) is 30.4 Å². The number of hydrogen-bond acceptors (Lipinski definition) is 2. The summed E-state index contributed by atoms with van der Waals surface area (Å²) in [6.45, 7) is 5.94. The minimum atomic E-state index is 0. The van der Waals surface area contributed by atoms with Crippen LogP contribution >= 0.6 is 24.0 Å². The van der Waals surface area contributed by atoms with E-state index in [9.17, 15) is 0 Å². The summed E-state index contributed by atoms with van der Waals surface area (Å²) in [7, 11) is 1.76. The summed E-state index contributed by atoms with van der Waals surface area (Å²) in [4.78, 5) is 4.65. The Bertz CT molecular complexity index is 519. The van der Waals surface area contributed by atoms with Crippen LogP contribution in [-0.4, -0.2) is 26.2 Å². The number of benzene rings is 1. The second-order valence-corrected chi connectivity index (χ2v) is 6.58. The number of ether oxygens (including phenoxy) is 1. The number of aryl methyl sites for hydroxylation is 2. The summed E-state index contributed by atoms with van der Waals surface area (Å²) in [6.07, 6.45) is 6.82. The molecule has 0 bridgehead atoms. The predicted octanol–water partition coefficient (Wildman–Crippen LogP) is 4.36. The lowest BCUT2D eigenvalue weighted by Gasteiger charge is -2.40. The summed E-state index contributed by atoms with van der Waals surface area (Å²) in [5.41, 5.74) is 10.2. The lowest BCUT2D eigenvalue weighted by atomic mass is 9.67. The fourth-order valence-electron chi connectivity index (χ4n) is 3.31. The van der Waals surface area contributed by atoms with E-state index in [1.54, 1.807) is 7.11 Å². The van der Waals surface area contributed by atoms with Crippen LogP contribution in [0.15, 0.2) is 23.2 Å². The summed E-state index contributed by atoms with van der Waals surface area (Å²) in [6, 6.07) is 6.42. The van der Waals surface area contributed by atoms with E-state index in [0.717, 1.165) is 38.1 Å². The molecule has 1 saturated carbocycles. The smallest absolute Gasteiger partial charge is 0.193 e. The first-order chi connectivity index (χ1) is 11.1. The Labute approximate surface area is 163 Å². The Morgan fingerprint density at radius 3 is 2.33 bits per heavy atom. The van der Waals surface area contributed by atoms with Gasteiger partial charge in [-0.15, -0.1) is 24.0 Å². The maximum Gasteiger partial charge on any atom is 0.193 e. The zero-order valence-electron chi connectivity index (χ0n) is 15.2. The van der Waals surface area contributed by atoms with Gasteiger partial charge in [-0.1, -0.05) is 38.5 Å². The number of halogens is 1. The van der Waals surface area contributed by atoms with Crippen molar-refractivity contribution >= 4 is 35.6 Å². The average Bonchev–Trinajstić information content (AvgIpc) is 2.53. The van der Waals surface area contributed by atoms with Gasteiger partial charge in [0.15, 0.2) is 5.96 Å². The van der Waals surface area contributed by atoms with Crippen molar-refractivity contribution in [1.29, 1.82) is 0 Å². The van der Waals surface area contributed by atoms with Gasteiger partial charge in [-0.2, -0.15) is 0 Å². The zero-order chi connectivity index (χ0) is 16.7. The van der Waals surface area contributed by atoms with Gasteiger partial charge >= 0.3 is 0 Å². The third-order valence-electron chi connectivity index (χ3n) is 5.09. The molecular formula is C19H32IN3O. The Morgan fingerprint density at radius 2 is 1.88 bits per heavy atom. The third kappa shape index (κ3) is 5.34. The normalized spacial score (nSPS) is 16.2. The highest BCUT2D eigenvalue weighted by Gasteiger charge is 2.36. The monoisotopic (exact) mass is 445 g/mol. The molecule has 0 saturated heterocycles. The molecule has 0 amide bonds. The van der Waals surface area contributed by atoms with Crippen molar-refractivity contribution in [1.82, 2.24) is 0 Å². The first-order valence-electron chi connectivity index (χ1n) is 8.80. The Kier molecular flexibility index (Phi) is 9.05. The SMILES string of the molecule is CCc1cccc(CC)c1NC(N)=NCC1(CCOC)CCC1.I. The highest BCUT2D eigenvalue weighted by molar-refractivity contribution is 14.0. The van der Waals surface area contributed by atoms with E-state index in [0.29, 0.717) is 11.4 Å². The van der Waals surface area contributed by atoms with Crippen LogP contribution in [0.5, 0.6) is 0 Å². The molecular weight excluding hydrogens is 413 g/mol. The molecule has 0 aromatic heterocycles. The van der Waals surface area contributed by atoms with Crippen molar-refractivity contribution in [3.63, 3.8) is 0 Å². The van der Waals surface area contributed by atoms with Crippen LogP contribution in [0, 0.1) is 5.41 Å². The largest absolute Gasteiger partial charge is 0.385 e. The minimum absolute atomic E-state index is 0. The fourth-order valence-corrected chi connectivity index (χ4v) is 3.31. The van der Waals surface area contributed by atoms with Crippen LogP contribution in [0.4, 0.5) is 5.69 Å². The van der Waals surface area contributed by atoms with Gasteiger partial charge in [0.2, 0.25) is 0 Å². The number of rotatable bonds is 8. The highest BCUT2D eigenvalue weighted by Crippen LogP contribution is 2.44. The molecule has 4 nitrogen and oxygen atoms in total. The Balaban J connectivity index is 0.00000288. The molecule has 1 aliphatic rings. The molecule has 5 heteroatoms.